The Bertz CT molecular complexity index is 2980. The van der Waals surface area contributed by atoms with Gasteiger partial charge in [0.05, 0.1) is 0 Å². The summed E-state index contributed by atoms with van der Waals surface area (Å²) in [6.45, 7) is 0. The summed E-state index contributed by atoms with van der Waals surface area (Å²) >= 11 is 0. The quantitative estimate of drug-likeness (QED) is 0.182. The molecule has 0 aliphatic heterocycles. The van der Waals surface area contributed by atoms with Gasteiger partial charge in [-0.05, 0) is 95.7 Å². The molecule has 8 aromatic carbocycles. The van der Waals surface area contributed by atoms with Crippen LogP contribution in [0.2, 0.25) is 0 Å². The molecule has 0 unspecified atom stereocenters. The van der Waals surface area contributed by atoms with Crippen LogP contribution in [0, 0.1) is 0 Å². The third kappa shape index (κ3) is 4.44. The summed E-state index contributed by atoms with van der Waals surface area (Å²) in [5, 5.41) is 17.4. The van der Waals surface area contributed by atoms with Crippen LogP contribution in [0.15, 0.2) is 177 Å². The van der Waals surface area contributed by atoms with Crippen molar-refractivity contribution in [2.24, 2.45) is 0 Å². The Labute approximate surface area is 296 Å². The molecule has 11 aromatic rings. The number of aromatic nitrogens is 2. The lowest BCUT2D eigenvalue weighted by Gasteiger charge is -2.26. The molecule has 0 spiro atoms. The van der Waals surface area contributed by atoms with Gasteiger partial charge in [0.2, 0.25) is 11.8 Å². The second-order valence-electron chi connectivity index (χ2n) is 13.1. The Morgan fingerprint density at radius 1 is 0.346 bits per heavy atom. The molecule has 244 valence electrons. The zero-order chi connectivity index (χ0) is 34.2. The molecule has 0 atom stereocenters. The minimum atomic E-state index is 0.466. The van der Waals surface area contributed by atoms with Gasteiger partial charge in [0.15, 0.2) is 0 Å². The van der Waals surface area contributed by atoms with E-state index in [1.165, 1.54) is 0 Å². The summed E-state index contributed by atoms with van der Waals surface area (Å²) < 4.78 is 19.1. The first-order valence-corrected chi connectivity index (χ1v) is 17.2. The molecule has 6 heteroatoms. The molecule has 0 aliphatic carbocycles. The number of para-hydroxylation sites is 2. The topological polar surface area (TPSA) is 68.4 Å². The molecule has 3 aromatic heterocycles. The van der Waals surface area contributed by atoms with Gasteiger partial charge in [-0.15, -0.1) is 10.2 Å². The summed E-state index contributed by atoms with van der Waals surface area (Å²) in [6, 6.07) is 56.3. The Hall–Kier alpha value is -7.18. The highest BCUT2D eigenvalue weighted by atomic mass is 16.4. The van der Waals surface area contributed by atoms with Gasteiger partial charge >= 0.3 is 0 Å². The summed E-state index contributed by atoms with van der Waals surface area (Å²) in [5.74, 6) is 0.954. The van der Waals surface area contributed by atoms with Crippen molar-refractivity contribution >= 4 is 82.5 Å². The maximum Gasteiger partial charge on any atom is 0.248 e. The third-order valence-electron chi connectivity index (χ3n) is 10.0. The van der Waals surface area contributed by atoms with Crippen molar-refractivity contribution in [3.63, 3.8) is 0 Å². The van der Waals surface area contributed by atoms with Crippen LogP contribution in [0.1, 0.15) is 0 Å². The summed E-state index contributed by atoms with van der Waals surface area (Å²) in [4.78, 5) is 2.27. The van der Waals surface area contributed by atoms with Crippen molar-refractivity contribution in [1.29, 1.82) is 0 Å². The highest BCUT2D eigenvalue weighted by Gasteiger charge is 2.19. The molecule has 0 aliphatic rings. The van der Waals surface area contributed by atoms with Crippen LogP contribution in [0.25, 0.3) is 88.3 Å². The Kier molecular flexibility index (Phi) is 6.15. The summed E-state index contributed by atoms with van der Waals surface area (Å²) in [5.41, 5.74) is 8.19. The fraction of sp³-hybridized carbons (Fsp3) is 0. The lowest BCUT2D eigenvalue weighted by molar-refractivity contribution is 0.584. The van der Waals surface area contributed by atoms with E-state index in [1.54, 1.807) is 0 Å². The van der Waals surface area contributed by atoms with Gasteiger partial charge in [0.1, 0.15) is 22.3 Å². The van der Waals surface area contributed by atoms with Crippen LogP contribution < -0.4 is 4.90 Å². The van der Waals surface area contributed by atoms with Gasteiger partial charge in [-0.3, -0.25) is 0 Å². The van der Waals surface area contributed by atoms with Crippen molar-refractivity contribution in [2.75, 3.05) is 4.90 Å². The summed E-state index contributed by atoms with van der Waals surface area (Å²) in [7, 11) is 0. The number of hydrogen-bond donors (Lipinski definition) is 0. The van der Waals surface area contributed by atoms with E-state index >= 15 is 0 Å². The predicted molar refractivity (Wildman–Crippen MR) is 209 cm³/mol. The number of anilines is 3. The molecular formula is C46H27N3O3. The van der Waals surface area contributed by atoms with Crippen LogP contribution in [0.4, 0.5) is 17.1 Å². The number of rotatable bonds is 5. The zero-order valence-corrected chi connectivity index (χ0v) is 27.7. The minimum absolute atomic E-state index is 0.466. The van der Waals surface area contributed by atoms with E-state index in [-0.39, 0.29) is 0 Å². The highest BCUT2D eigenvalue weighted by Crippen LogP contribution is 2.42. The molecule has 0 fully saturated rings. The van der Waals surface area contributed by atoms with E-state index in [4.69, 9.17) is 13.3 Å². The Balaban J connectivity index is 1.09. The monoisotopic (exact) mass is 669 g/mol. The first kappa shape index (κ1) is 28.6. The standard InChI is InChI=1S/C46H27N3O3/c1-2-8-30(9-3-1)45-47-48-46(52-45)31-16-20-32(21-17-31)49(33-22-14-28-18-24-37-35-10-4-6-12-41(35)50-43(37)39(28)26-33)34-23-15-29-19-25-38-36-11-5-7-13-42(36)51-44(38)40(29)27-34/h1-27H. The second kappa shape index (κ2) is 11.2. The normalized spacial score (nSPS) is 11.8. The zero-order valence-electron chi connectivity index (χ0n) is 27.7. The molecule has 52 heavy (non-hydrogen) atoms. The highest BCUT2D eigenvalue weighted by molar-refractivity contribution is 6.17. The number of hydrogen-bond acceptors (Lipinski definition) is 6. The van der Waals surface area contributed by atoms with Gasteiger partial charge in [-0.25, -0.2) is 0 Å². The SMILES string of the molecule is c1ccc(-c2nnc(-c3ccc(N(c4ccc5ccc6c7ccccc7oc6c5c4)c4ccc5ccc6c7ccccc7oc6c5c4)cc3)o2)cc1. The number of benzene rings is 8. The predicted octanol–water partition coefficient (Wildman–Crippen LogP) is 13.0. The fourth-order valence-corrected chi connectivity index (χ4v) is 7.50. The molecule has 0 saturated carbocycles. The van der Waals surface area contributed by atoms with Crippen molar-refractivity contribution in [3.8, 4) is 22.9 Å². The number of furan rings is 2. The van der Waals surface area contributed by atoms with Gasteiger partial charge in [0.25, 0.3) is 0 Å². The third-order valence-corrected chi connectivity index (χ3v) is 10.0. The molecule has 11 rings (SSSR count). The minimum Gasteiger partial charge on any atom is -0.455 e. The van der Waals surface area contributed by atoms with Gasteiger partial charge in [0, 0.05) is 60.5 Å². The average molecular weight is 670 g/mol. The van der Waals surface area contributed by atoms with Gasteiger partial charge in [-0.2, -0.15) is 0 Å². The lowest BCUT2D eigenvalue weighted by atomic mass is 10.0. The van der Waals surface area contributed by atoms with E-state index in [0.717, 1.165) is 93.6 Å². The van der Waals surface area contributed by atoms with Crippen molar-refractivity contribution in [3.05, 3.63) is 164 Å². The van der Waals surface area contributed by atoms with E-state index in [1.807, 2.05) is 66.7 Å². The van der Waals surface area contributed by atoms with Crippen molar-refractivity contribution in [2.45, 2.75) is 0 Å². The van der Waals surface area contributed by atoms with E-state index in [9.17, 15) is 0 Å². The van der Waals surface area contributed by atoms with Crippen LogP contribution >= 0.6 is 0 Å². The van der Waals surface area contributed by atoms with Gasteiger partial charge < -0.3 is 18.2 Å². The molecule has 0 amide bonds. The van der Waals surface area contributed by atoms with Crippen LogP contribution in [-0.2, 0) is 0 Å². The maximum atomic E-state index is 6.49. The van der Waals surface area contributed by atoms with E-state index in [2.05, 4.69) is 112 Å². The number of nitrogens with zero attached hydrogens (tertiary/aromatic N) is 3. The average Bonchev–Trinajstić information content (AvgIpc) is 3.95. The molecule has 0 saturated heterocycles. The first-order chi connectivity index (χ1) is 25.7. The van der Waals surface area contributed by atoms with Crippen LogP contribution in [0.5, 0.6) is 0 Å². The molecule has 3 heterocycles. The fourth-order valence-electron chi connectivity index (χ4n) is 7.50. The van der Waals surface area contributed by atoms with E-state index in [0.29, 0.717) is 11.8 Å². The largest absolute Gasteiger partial charge is 0.455 e. The Morgan fingerprint density at radius 2 is 0.808 bits per heavy atom. The number of fused-ring (bicyclic) bond motifs is 10. The molecule has 0 N–H and O–H groups in total. The smallest absolute Gasteiger partial charge is 0.248 e. The molecule has 6 nitrogen and oxygen atoms in total. The maximum absolute atomic E-state index is 6.49. The Morgan fingerprint density at radius 3 is 1.37 bits per heavy atom. The summed E-state index contributed by atoms with van der Waals surface area (Å²) in [6.07, 6.45) is 0. The molecule has 0 radical (unpaired) electrons. The van der Waals surface area contributed by atoms with E-state index < -0.39 is 0 Å². The second-order valence-corrected chi connectivity index (χ2v) is 13.1. The van der Waals surface area contributed by atoms with Gasteiger partial charge in [-0.1, -0.05) is 78.9 Å². The van der Waals surface area contributed by atoms with Crippen LogP contribution in [0.3, 0.4) is 0 Å². The van der Waals surface area contributed by atoms with Crippen molar-refractivity contribution < 1.29 is 13.3 Å². The molecule has 0 bridgehead atoms. The first-order valence-electron chi connectivity index (χ1n) is 17.2. The lowest BCUT2D eigenvalue weighted by Crippen LogP contribution is -2.10. The van der Waals surface area contributed by atoms with Crippen LogP contribution in [-0.4, -0.2) is 10.2 Å². The molecular weight excluding hydrogens is 643 g/mol. The van der Waals surface area contributed by atoms with Crippen molar-refractivity contribution in [1.82, 2.24) is 10.2 Å².